The standard InChI is InChI=1S/C28H28ClN7O3/c1-17(2)39-22-14-18(15-30)4-9-21(22)26-33-24(27-32-10-12-34(27)3)25(19-5-7-20(29)8-6-19)36(26)28(38)35-13-11-31-23(37)16-35/h4-10,12,14,17,24-25H,11,13,16H2,1-3H3,(H,31,37). The number of hydrogen-bond donors (Lipinski definition) is 1. The summed E-state index contributed by atoms with van der Waals surface area (Å²) in [4.78, 5) is 39.3. The van der Waals surface area contributed by atoms with Gasteiger partial charge >= 0.3 is 6.03 Å². The molecule has 0 radical (unpaired) electrons. The van der Waals surface area contributed by atoms with E-state index in [2.05, 4.69) is 16.4 Å². The molecule has 3 aromatic rings. The molecule has 1 saturated heterocycles. The van der Waals surface area contributed by atoms with Crippen molar-refractivity contribution in [1.29, 1.82) is 5.26 Å². The Morgan fingerprint density at radius 1 is 1.23 bits per heavy atom. The highest BCUT2D eigenvalue weighted by atomic mass is 35.5. The third-order valence-corrected chi connectivity index (χ3v) is 6.88. The number of carbonyl (C=O) groups excluding carboxylic acids is 2. The summed E-state index contributed by atoms with van der Waals surface area (Å²) in [7, 11) is 1.88. The van der Waals surface area contributed by atoms with E-state index in [0.29, 0.717) is 46.6 Å². The van der Waals surface area contributed by atoms with Crippen molar-refractivity contribution in [2.75, 3.05) is 19.6 Å². The minimum atomic E-state index is -0.585. The first-order valence-electron chi connectivity index (χ1n) is 12.6. The van der Waals surface area contributed by atoms with Gasteiger partial charge in [-0.3, -0.25) is 14.7 Å². The van der Waals surface area contributed by atoms with E-state index in [1.54, 1.807) is 41.4 Å². The van der Waals surface area contributed by atoms with Gasteiger partial charge in [0, 0.05) is 37.6 Å². The number of urea groups is 1. The Bertz CT molecular complexity index is 1480. The van der Waals surface area contributed by atoms with Crippen molar-refractivity contribution in [1.82, 2.24) is 24.7 Å². The number of aliphatic imine (C=N–C) groups is 1. The van der Waals surface area contributed by atoms with E-state index in [1.165, 1.54) is 4.90 Å². The van der Waals surface area contributed by atoms with Gasteiger partial charge in [-0.2, -0.15) is 5.26 Å². The van der Waals surface area contributed by atoms with Gasteiger partial charge in [0.25, 0.3) is 0 Å². The van der Waals surface area contributed by atoms with Crippen LogP contribution in [0.5, 0.6) is 5.75 Å². The topological polar surface area (TPSA) is 116 Å². The fourth-order valence-corrected chi connectivity index (χ4v) is 5.01. The summed E-state index contributed by atoms with van der Waals surface area (Å²) in [5.41, 5.74) is 1.79. The van der Waals surface area contributed by atoms with E-state index < -0.39 is 12.1 Å². The summed E-state index contributed by atoms with van der Waals surface area (Å²) in [6, 6.07) is 13.0. The van der Waals surface area contributed by atoms with Gasteiger partial charge in [-0.05, 0) is 49.7 Å². The van der Waals surface area contributed by atoms with Crippen LogP contribution < -0.4 is 10.1 Å². The fourth-order valence-electron chi connectivity index (χ4n) is 4.88. The third-order valence-electron chi connectivity index (χ3n) is 6.63. The summed E-state index contributed by atoms with van der Waals surface area (Å²) in [6.07, 6.45) is 3.34. The molecule has 3 amide bonds. The molecule has 1 fully saturated rings. The van der Waals surface area contributed by atoms with Crippen LogP contribution in [0.3, 0.4) is 0 Å². The van der Waals surface area contributed by atoms with Crippen molar-refractivity contribution < 1.29 is 14.3 Å². The van der Waals surface area contributed by atoms with Crippen LogP contribution in [0.1, 0.15) is 48.4 Å². The van der Waals surface area contributed by atoms with Crippen LogP contribution in [0.15, 0.2) is 59.9 Å². The van der Waals surface area contributed by atoms with Gasteiger partial charge in [-0.25, -0.2) is 9.78 Å². The largest absolute Gasteiger partial charge is 0.490 e. The zero-order valence-electron chi connectivity index (χ0n) is 21.8. The SMILES string of the molecule is CC(C)Oc1cc(C#N)ccc1C1=NC(c2nccn2C)C(c2ccc(Cl)cc2)N1C(=O)N1CCNC(=O)C1. The van der Waals surface area contributed by atoms with Crippen LogP contribution in [-0.4, -0.2) is 62.9 Å². The molecule has 0 bridgehead atoms. The third kappa shape index (κ3) is 5.18. The number of nitriles is 1. The lowest BCUT2D eigenvalue weighted by molar-refractivity contribution is -0.123. The molecule has 1 N–H and O–H groups in total. The number of amides is 3. The smallest absolute Gasteiger partial charge is 0.326 e. The summed E-state index contributed by atoms with van der Waals surface area (Å²) < 4.78 is 7.99. The Kier molecular flexibility index (Phi) is 7.26. The Morgan fingerprint density at radius 2 is 2.00 bits per heavy atom. The minimum absolute atomic E-state index is 0.0637. The van der Waals surface area contributed by atoms with Gasteiger partial charge in [0.15, 0.2) is 0 Å². The predicted octanol–water partition coefficient (Wildman–Crippen LogP) is 3.83. The van der Waals surface area contributed by atoms with E-state index in [-0.39, 0.29) is 24.6 Å². The van der Waals surface area contributed by atoms with E-state index >= 15 is 0 Å². The molecule has 2 unspecified atom stereocenters. The Labute approximate surface area is 231 Å². The molecular formula is C28H28ClN7O3. The quantitative estimate of drug-likeness (QED) is 0.523. The van der Waals surface area contributed by atoms with Crippen molar-refractivity contribution in [3.05, 3.63) is 82.4 Å². The Balaban J connectivity index is 1.71. The maximum absolute atomic E-state index is 14.3. The second kappa shape index (κ2) is 10.8. The Morgan fingerprint density at radius 3 is 2.64 bits per heavy atom. The van der Waals surface area contributed by atoms with Gasteiger partial charge in [0.05, 0.1) is 29.3 Å². The highest BCUT2D eigenvalue weighted by Crippen LogP contribution is 2.44. The highest BCUT2D eigenvalue weighted by molar-refractivity contribution is 6.30. The number of nitrogens with zero attached hydrogens (tertiary/aromatic N) is 6. The molecule has 2 aliphatic heterocycles. The molecule has 2 aromatic carbocycles. The van der Waals surface area contributed by atoms with Crippen LogP contribution in [0.25, 0.3) is 0 Å². The monoisotopic (exact) mass is 545 g/mol. The average Bonchev–Trinajstić information content (AvgIpc) is 3.51. The zero-order chi connectivity index (χ0) is 27.7. The number of piperazine rings is 1. The maximum Gasteiger partial charge on any atom is 0.326 e. The van der Waals surface area contributed by atoms with Gasteiger partial charge in [0.2, 0.25) is 5.91 Å². The number of imidazole rings is 1. The Hall–Kier alpha value is -4.36. The number of amidine groups is 1. The summed E-state index contributed by atoms with van der Waals surface area (Å²) in [6.45, 7) is 4.44. The fraction of sp³-hybridized carbons (Fsp3) is 0.321. The van der Waals surface area contributed by atoms with Gasteiger partial charge < -0.3 is 19.5 Å². The van der Waals surface area contributed by atoms with E-state index in [9.17, 15) is 14.9 Å². The lowest BCUT2D eigenvalue weighted by atomic mass is 9.98. The van der Waals surface area contributed by atoms with Crippen molar-refractivity contribution in [3.8, 4) is 11.8 Å². The first kappa shape index (κ1) is 26.3. The molecule has 2 aliphatic rings. The molecular weight excluding hydrogens is 518 g/mol. The lowest BCUT2D eigenvalue weighted by Gasteiger charge is -2.35. The lowest BCUT2D eigenvalue weighted by Crippen LogP contribution is -2.55. The van der Waals surface area contributed by atoms with Crippen molar-refractivity contribution >= 4 is 29.4 Å². The second-order valence-corrected chi connectivity index (χ2v) is 10.1. The number of halogens is 1. The van der Waals surface area contributed by atoms with Gasteiger partial charge in [-0.15, -0.1) is 0 Å². The summed E-state index contributed by atoms with van der Waals surface area (Å²) in [5, 5.41) is 12.9. The molecule has 0 spiro atoms. The molecule has 0 aliphatic carbocycles. The number of nitrogens with one attached hydrogen (secondary N) is 1. The summed E-state index contributed by atoms with van der Waals surface area (Å²) >= 11 is 6.22. The number of ether oxygens (including phenoxy) is 1. The van der Waals surface area contributed by atoms with Crippen LogP contribution in [0.2, 0.25) is 5.02 Å². The molecule has 11 heteroatoms. The van der Waals surface area contributed by atoms with Crippen LogP contribution in [0, 0.1) is 11.3 Å². The highest BCUT2D eigenvalue weighted by Gasteiger charge is 2.46. The molecule has 5 rings (SSSR count). The molecule has 3 heterocycles. The van der Waals surface area contributed by atoms with Crippen LogP contribution >= 0.6 is 11.6 Å². The van der Waals surface area contributed by atoms with E-state index in [0.717, 1.165) is 5.56 Å². The zero-order valence-corrected chi connectivity index (χ0v) is 22.6. The normalized spacial score (nSPS) is 19.1. The van der Waals surface area contributed by atoms with Gasteiger partial charge in [-0.1, -0.05) is 23.7 Å². The molecule has 10 nitrogen and oxygen atoms in total. The number of aromatic nitrogens is 2. The molecule has 200 valence electrons. The molecule has 39 heavy (non-hydrogen) atoms. The number of rotatable bonds is 5. The predicted molar refractivity (Wildman–Crippen MR) is 145 cm³/mol. The first-order valence-corrected chi connectivity index (χ1v) is 13.0. The molecule has 1 aromatic heterocycles. The summed E-state index contributed by atoms with van der Waals surface area (Å²) in [5.74, 6) is 1.25. The number of hydrogen-bond acceptors (Lipinski definition) is 6. The number of benzene rings is 2. The van der Waals surface area contributed by atoms with E-state index in [1.807, 2.05) is 43.8 Å². The number of aryl methyl sites for hydroxylation is 1. The maximum atomic E-state index is 14.3. The minimum Gasteiger partial charge on any atom is -0.490 e. The second-order valence-electron chi connectivity index (χ2n) is 9.70. The average molecular weight is 546 g/mol. The van der Waals surface area contributed by atoms with Crippen molar-refractivity contribution in [2.45, 2.75) is 32.0 Å². The van der Waals surface area contributed by atoms with E-state index in [4.69, 9.17) is 21.3 Å². The van der Waals surface area contributed by atoms with Crippen molar-refractivity contribution in [3.63, 3.8) is 0 Å². The first-order chi connectivity index (χ1) is 18.8. The molecule has 2 atom stereocenters. The van der Waals surface area contributed by atoms with Gasteiger partial charge in [0.1, 0.15) is 30.0 Å². The van der Waals surface area contributed by atoms with Crippen LogP contribution in [0.4, 0.5) is 4.79 Å². The van der Waals surface area contributed by atoms with Crippen molar-refractivity contribution in [2.24, 2.45) is 12.0 Å². The molecule has 0 saturated carbocycles. The van der Waals surface area contributed by atoms with Crippen LogP contribution in [-0.2, 0) is 11.8 Å². The number of carbonyl (C=O) groups is 2.